The van der Waals surface area contributed by atoms with Crippen LogP contribution in [0.2, 0.25) is 0 Å². The molecule has 0 radical (unpaired) electrons. The average molecular weight is 370 g/mol. The van der Waals surface area contributed by atoms with Crippen LogP contribution in [0, 0.1) is 18.6 Å². The van der Waals surface area contributed by atoms with E-state index in [1.54, 1.807) is 4.90 Å². The second-order valence-corrected chi connectivity index (χ2v) is 7.34. The van der Waals surface area contributed by atoms with E-state index in [4.69, 9.17) is 0 Å². The Hall–Kier alpha value is -2.76. The lowest BCUT2D eigenvalue weighted by Gasteiger charge is -2.46. The molecule has 0 spiro atoms. The molecule has 6 heteroatoms. The number of halogens is 2. The third-order valence-electron chi connectivity index (χ3n) is 5.57. The Morgan fingerprint density at radius 1 is 1.04 bits per heavy atom. The van der Waals surface area contributed by atoms with Gasteiger partial charge in [0.25, 0.3) is 5.91 Å². The fourth-order valence-electron chi connectivity index (χ4n) is 4.09. The lowest BCUT2D eigenvalue weighted by atomic mass is 9.85. The highest BCUT2D eigenvalue weighted by molar-refractivity contribution is 5.97. The molecule has 2 heterocycles. The van der Waals surface area contributed by atoms with Crippen LogP contribution in [0.25, 0.3) is 0 Å². The zero-order valence-electron chi connectivity index (χ0n) is 15.2. The van der Waals surface area contributed by atoms with Gasteiger partial charge >= 0.3 is 0 Å². The van der Waals surface area contributed by atoms with E-state index in [1.165, 1.54) is 24.0 Å². The first kappa shape index (κ1) is 17.6. The summed E-state index contributed by atoms with van der Waals surface area (Å²) in [6.45, 7) is 4.25. The van der Waals surface area contributed by atoms with E-state index in [1.807, 2.05) is 24.3 Å². The highest BCUT2D eigenvalue weighted by Gasteiger charge is 2.41. The van der Waals surface area contributed by atoms with E-state index in [2.05, 4.69) is 6.92 Å². The SMILES string of the molecule is Cc1ccc(C(=O)N2CC(=O)N3CC(C)c4ccccc4C3C2)c(F)c1F. The molecule has 0 saturated carbocycles. The van der Waals surface area contributed by atoms with Crippen LogP contribution in [0.4, 0.5) is 8.78 Å². The summed E-state index contributed by atoms with van der Waals surface area (Å²) >= 11 is 0. The number of fused-ring (bicyclic) bond motifs is 3. The maximum Gasteiger partial charge on any atom is 0.257 e. The minimum absolute atomic E-state index is 0.126. The predicted octanol–water partition coefficient (Wildman–Crippen LogP) is 3.42. The maximum absolute atomic E-state index is 14.3. The number of benzene rings is 2. The van der Waals surface area contributed by atoms with Gasteiger partial charge in [-0.1, -0.05) is 37.3 Å². The topological polar surface area (TPSA) is 40.6 Å². The zero-order chi connectivity index (χ0) is 19.3. The summed E-state index contributed by atoms with van der Waals surface area (Å²) in [5, 5.41) is 0. The Morgan fingerprint density at radius 2 is 1.74 bits per heavy atom. The molecule has 0 bridgehead atoms. The van der Waals surface area contributed by atoms with Gasteiger partial charge in [-0.2, -0.15) is 0 Å². The van der Waals surface area contributed by atoms with Gasteiger partial charge in [0.05, 0.1) is 11.6 Å². The van der Waals surface area contributed by atoms with Crippen LogP contribution in [-0.2, 0) is 4.79 Å². The van der Waals surface area contributed by atoms with Gasteiger partial charge in [-0.3, -0.25) is 9.59 Å². The summed E-state index contributed by atoms with van der Waals surface area (Å²) < 4.78 is 28.2. The zero-order valence-corrected chi connectivity index (χ0v) is 15.2. The van der Waals surface area contributed by atoms with Crippen molar-refractivity contribution in [1.29, 1.82) is 0 Å². The predicted molar refractivity (Wildman–Crippen MR) is 96.3 cm³/mol. The Bertz CT molecular complexity index is 944. The van der Waals surface area contributed by atoms with Crippen molar-refractivity contribution in [2.24, 2.45) is 0 Å². The third kappa shape index (κ3) is 2.80. The van der Waals surface area contributed by atoms with Crippen LogP contribution >= 0.6 is 0 Å². The summed E-state index contributed by atoms with van der Waals surface area (Å²) in [6, 6.07) is 10.3. The van der Waals surface area contributed by atoms with E-state index >= 15 is 0 Å². The molecular formula is C21H20F2N2O2. The van der Waals surface area contributed by atoms with E-state index in [-0.39, 0.29) is 42.1 Å². The molecule has 2 atom stereocenters. The number of piperazine rings is 1. The number of aryl methyl sites for hydroxylation is 1. The quantitative estimate of drug-likeness (QED) is 0.772. The molecule has 27 heavy (non-hydrogen) atoms. The number of carbonyl (C=O) groups is 2. The smallest absolute Gasteiger partial charge is 0.257 e. The largest absolute Gasteiger partial charge is 0.332 e. The summed E-state index contributed by atoms with van der Waals surface area (Å²) in [6.07, 6.45) is 0. The van der Waals surface area contributed by atoms with E-state index in [9.17, 15) is 18.4 Å². The minimum atomic E-state index is -1.16. The molecule has 140 valence electrons. The average Bonchev–Trinajstić information content (AvgIpc) is 2.67. The van der Waals surface area contributed by atoms with E-state index in [0.717, 1.165) is 11.1 Å². The molecule has 2 unspecified atom stereocenters. The van der Waals surface area contributed by atoms with Gasteiger partial charge in [0.15, 0.2) is 11.6 Å². The highest BCUT2D eigenvalue weighted by atomic mass is 19.2. The van der Waals surface area contributed by atoms with Crippen molar-refractivity contribution in [2.45, 2.75) is 25.8 Å². The minimum Gasteiger partial charge on any atom is -0.332 e. The monoisotopic (exact) mass is 370 g/mol. The first-order valence-electron chi connectivity index (χ1n) is 9.00. The van der Waals surface area contributed by atoms with Gasteiger partial charge in [-0.05, 0) is 35.6 Å². The van der Waals surface area contributed by atoms with Crippen LogP contribution in [0.15, 0.2) is 36.4 Å². The molecule has 0 N–H and O–H groups in total. The summed E-state index contributed by atoms with van der Waals surface area (Å²) in [4.78, 5) is 28.6. The number of carbonyl (C=O) groups excluding carboxylic acids is 2. The number of amides is 2. The van der Waals surface area contributed by atoms with Crippen molar-refractivity contribution in [2.75, 3.05) is 19.6 Å². The fourth-order valence-corrected chi connectivity index (χ4v) is 4.09. The van der Waals surface area contributed by atoms with Crippen molar-refractivity contribution in [3.8, 4) is 0 Å². The van der Waals surface area contributed by atoms with Crippen molar-refractivity contribution in [3.05, 3.63) is 70.3 Å². The van der Waals surface area contributed by atoms with Crippen LogP contribution < -0.4 is 0 Å². The number of hydrogen-bond donors (Lipinski definition) is 0. The van der Waals surface area contributed by atoms with Crippen molar-refractivity contribution in [1.82, 2.24) is 9.80 Å². The molecule has 4 nitrogen and oxygen atoms in total. The first-order valence-corrected chi connectivity index (χ1v) is 9.00. The van der Waals surface area contributed by atoms with Gasteiger partial charge in [-0.15, -0.1) is 0 Å². The van der Waals surface area contributed by atoms with Crippen LogP contribution in [0.3, 0.4) is 0 Å². The summed E-state index contributed by atoms with van der Waals surface area (Å²) in [7, 11) is 0. The summed E-state index contributed by atoms with van der Waals surface area (Å²) in [5.41, 5.74) is 1.98. The van der Waals surface area contributed by atoms with Crippen LogP contribution in [0.5, 0.6) is 0 Å². The molecule has 2 aliphatic heterocycles. The maximum atomic E-state index is 14.3. The Kier molecular flexibility index (Phi) is 4.21. The van der Waals surface area contributed by atoms with Gasteiger partial charge in [-0.25, -0.2) is 8.78 Å². The van der Waals surface area contributed by atoms with Gasteiger partial charge in [0.1, 0.15) is 6.54 Å². The first-order chi connectivity index (χ1) is 12.9. The molecule has 1 saturated heterocycles. The van der Waals surface area contributed by atoms with Gasteiger partial charge < -0.3 is 9.80 Å². The molecule has 2 aromatic carbocycles. The molecule has 0 aliphatic carbocycles. The highest BCUT2D eigenvalue weighted by Crippen LogP contribution is 2.38. The lowest BCUT2D eigenvalue weighted by molar-refractivity contribution is -0.139. The molecule has 4 rings (SSSR count). The van der Waals surface area contributed by atoms with Crippen LogP contribution in [-0.4, -0.2) is 41.2 Å². The second kappa shape index (κ2) is 6.44. The molecule has 0 aromatic heterocycles. The number of nitrogens with zero attached hydrogens (tertiary/aromatic N) is 2. The number of hydrogen-bond acceptors (Lipinski definition) is 2. The molecule has 2 amide bonds. The Morgan fingerprint density at radius 3 is 2.48 bits per heavy atom. The fraction of sp³-hybridized carbons (Fsp3) is 0.333. The molecule has 1 fully saturated rings. The Balaban J connectivity index is 1.68. The third-order valence-corrected chi connectivity index (χ3v) is 5.57. The second-order valence-electron chi connectivity index (χ2n) is 7.34. The molecule has 2 aliphatic rings. The van der Waals surface area contributed by atoms with Gasteiger partial charge in [0, 0.05) is 13.1 Å². The molecule has 2 aromatic rings. The normalized spacial score (nSPS) is 21.7. The van der Waals surface area contributed by atoms with Crippen molar-refractivity contribution < 1.29 is 18.4 Å². The number of rotatable bonds is 1. The standard InChI is InChI=1S/C21H20F2N2O2/c1-12-7-8-16(20(23)19(12)22)21(27)24-10-17-15-6-4-3-5-14(15)13(2)9-25(17)18(26)11-24/h3-8,13,17H,9-11H2,1-2H3. The lowest BCUT2D eigenvalue weighted by Crippen LogP contribution is -2.56. The van der Waals surface area contributed by atoms with Crippen LogP contribution in [0.1, 0.15) is 45.9 Å². The summed E-state index contributed by atoms with van der Waals surface area (Å²) in [5.74, 6) is -2.80. The molecular weight excluding hydrogens is 350 g/mol. The van der Waals surface area contributed by atoms with Crippen molar-refractivity contribution >= 4 is 11.8 Å². The van der Waals surface area contributed by atoms with E-state index < -0.39 is 17.5 Å². The Labute approximate surface area is 156 Å². The van der Waals surface area contributed by atoms with Crippen molar-refractivity contribution in [3.63, 3.8) is 0 Å². The van der Waals surface area contributed by atoms with E-state index in [0.29, 0.717) is 6.54 Å². The van der Waals surface area contributed by atoms with Gasteiger partial charge in [0.2, 0.25) is 5.91 Å².